The lowest BCUT2D eigenvalue weighted by atomic mass is 9.79. The summed E-state index contributed by atoms with van der Waals surface area (Å²) in [6.07, 6.45) is -0.991. The van der Waals surface area contributed by atoms with Gasteiger partial charge in [0.2, 0.25) is 11.8 Å². The summed E-state index contributed by atoms with van der Waals surface area (Å²) < 4.78 is 41.0. The zero-order chi connectivity index (χ0) is 33.2. The highest BCUT2D eigenvalue weighted by Crippen LogP contribution is 2.36. The second kappa shape index (κ2) is 13.1. The number of benzene rings is 2. The topological polar surface area (TPSA) is 140 Å². The Morgan fingerprint density at radius 2 is 1.76 bits per heavy atom. The SMILES string of the molecule is CC(C)(C)OC(=O)N1CC[C@@H](C(=O)N2CCC(O)(Cn3cnc(Oc4ccc(F)cc4)c(N)c3=O)[C@@H](F)C2)[C@H](c2ccccc2)C1. The van der Waals surface area contributed by atoms with Gasteiger partial charge in [0.05, 0.1) is 13.1 Å². The van der Waals surface area contributed by atoms with E-state index in [0.717, 1.165) is 16.5 Å². The first kappa shape index (κ1) is 32.9. The van der Waals surface area contributed by atoms with Crippen LogP contribution < -0.4 is 16.0 Å². The first-order valence-corrected chi connectivity index (χ1v) is 15.2. The molecule has 3 heterocycles. The number of hydrogen-bond donors (Lipinski definition) is 2. The highest BCUT2D eigenvalue weighted by Gasteiger charge is 2.47. The smallest absolute Gasteiger partial charge is 0.410 e. The lowest BCUT2D eigenvalue weighted by Crippen LogP contribution is -2.59. The number of alkyl halides is 1. The number of rotatable bonds is 6. The molecule has 246 valence electrons. The molecule has 0 bridgehead atoms. The summed E-state index contributed by atoms with van der Waals surface area (Å²) in [6.45, 7) is 5.21. The van der Waals surface area contributed by atoms with Crippen molar-refractivity contribution in [3.63, 3.8) is 0 Å². The third-order valence-corrected chi connectivity index (χ3v) is 8.41. The highest BCUT2D eigenvalue weighted by atomic mass is 19.1. The second-order valence-electron chi connectivity index (χ2n) is 12.9. The summed E-state index contributed by atoms with van der Waals surface area (Å²) in [4.78, 5) is 46.8. The molecule has 3 N–H and O–H groups in total. The number of carbonyl (C=O) groups is 2. The summed E-state index contributed by atoms with van der Waals surface area (Å²) in [6, 6.07) is 14.5. The van der Waals surface area contributed by atoms with E-state index in [1.165, 1.54) is 29.2 Å². The normalized spacial score (nSPS) is 23.6. The molecule has 1 unspecified atom stereocenters. The molecule has 0 saturated carbocycles. The van der Waals surface area contributed by atoms with Crippen LogP contribution in [0.3, 0.4) is 0 Å². The van der Waals surface area contributed by atoms with E-state index in [1.807, 2.05) is 30.3 Å². The van der Waals surface area contributed by atoms with Gasteiger partial charge in [0.25, 0.3) is 5.56 Å². The van der Waals surface area contributed by atoms with E-state index in [2.05, 4.69) is 4.98 Å². The zero-order valence-corrected chi connectivity index (χ0v) is 26.1. The summed E-state index contributed by atoms with van der Waals surface area (Å²) >= 11 is 0. The van der Waals surface area contributed by atoms with Crippen molar-refractivity contribution in [1.82, 2.24) is 19.4 Å². The average Bonchev–Trinajstić information content (AvgIpc) is 3.02. The van der Waals surface area contributed by atoms with Crippen LogP contribution >= 0.6 is 0 Å². The van der Waals surface area contributed by atoms with E-state index in [-0.39, 0.29) is 55.2 Å². The minimum atomic E-state index is -1.97. The molecule has 3 aromatic rings. The van der Waals surface area contributed by atoms with E-state index >= 15 is 4.39 Å². The van der Waals surface area contributed by atoms with E-state index in [4.69, 9.17) is 15.2 Å². The number of nitrogens with zero attached hydrogens (tertiary/aromatic N) is 4. The molecule has 0 spiro atoms. The van der Waals surface area contributed by atoms with Crippen LogP contribution in [0, 0.1) is 11.7 Å². The maximum Gasteiger partial charge on any atom is 0.410 e. The molecule has 0 radical (unpaired) electrons. The number of nitrogen functional groups attached to an aromatic ring is 1. The summed E-state index contributed by atoms with van der Waals surface area (Å²) in [5.74, 6) is -1.57. The van der Waals surface area contributed by atoms with Gasteiger partial charge in [-0.15, -0.1) is 0 Å². The zero-order valence-electron chi connectivity index (χ0n) is 26.1. The number of nitrogens with two attached hydrogens (primary N) is 1. The van der Waals surface area contributed by atoms with Gasteiger partial charge >= 0.3 is 6.09 Å². The fraction of sp³-hybridized carbons (Fsp3) is 0.455. The van der Waals surface area contributed by atoms with Crippen molar-refractivity contribution in [2.75, 3.05) is 31.9 Å². The number of amides is 2. The molecule has 2 aromatic carbocycles. The highest BCUT2D eigenvalue weighted by molar-refractivity contribution is 5.81. The maximum atomic E-state index is 15.7. The average molecular weight is 640 g/mol. The fourth-order valence-corrected chi connectivity index (χ4v) is 5.92. The standard InChI is InChI=1S/C33H39F2N5O6/c1-32(2,3)46-31(43)39-15-13-24(25(17-39)21-7-5-4-6-8-21)29(41)38-16-14-33(44,26(35)18-38)19-40-20-37-28(27(36)30(40)42)45-23-11-9-22(34)10-12-23/h4-12,20,24-26,44H,13-19,36H2,1-3H3/t24-,25+,26+,33?/m1/s1. The first-order valence-electron chi connectivity index (χ1n) is 15.2. The van der Waals surface area contributed by atoms with Crippen LogP contribution in [0.1, 0.15) is 45.1 Å². The van der Waals surface area contributed by atoms with Crippen molar-refractivity contribution in [2.45, 2.75) is 63.4 Å². The summed E-state index contributed by atoms with van der Waals surface area (Å²) in [5, 5.41) is 11.3. The van der Waals surface area contributed by atoms with E-state index in [9.17, 15) is 23.9 Å². The predicted octanol–water partition coefficient (Wildman–Crippen LogP) is 4.10. The lowest BCUT2D eigenvalue weighted by molar-refractivity contribution is -0.149. The van der Waals surface area contributed by atoms with Gasteiger partial charge in [0, 0.05) is 31.5 Å². The lowest BCUT2D eigenvalue weighted by Gasteiger charge is -2.44. The van der Waals surface area contributed by atoms with Crippen molar-refractivity contribution >= 4 is 17.7 Å². The van der Waals surface area contributed by atoms with Crippen molar-refractivity contribution in [2.24, 2.45) is 5.92 Å². The van der Waals surface area contributed by atoms with Crippen LogP contribution in [0.25, 0.3) is 0 Å². The Hall–Kier alpha value is -4.52. The molecule has 46 heavy (non-hydrogen) atoms. The largest absolute Gasteiger partial charge is 0.444 e. The third kappa shape index (κ3) is 7.30. The van der Waals surface area contributed by atoms with Crippen LogP contribution in [-0.2, 0) is 16.1 Å². The van der Waals surface area contributed by atoms with Gasteiger partial charge in [-0.1, -0.05) is 30.3 Å². The number of aliphatic hydroxyl groups is 1. The van der Waals surface area contributed by atoms with Crippen molar-refractivity contribution in [1.29, 1.82) is 0 Å². The molecule has 5 rings (SSSR count). The van der Waals surface area contributed by atoms with Crippen molar-refractivity contribution < 1.29 is 33.0 Å². The first-order chi connectivity index (χ1) is 21.7. The molecular formula is C33H39F2N5O6. The summed E-state index contributed by atoms with van der Waals surface area (Å²) in [7, 11) is 0. The number of halogens is 2. The number of likely N-dealkylation sites (tertiary alicyclic amines) is 2. The fourth-order valence-electron chi connectivity index (χ4n) is 5.92. The van der Waals surface area contributed by atoms with Gasteiger partial charge in [-0.2, -0.15) is 0 Å². The number of aromatic nitrogens is 2. The maximum absolute atomic E-state index is 15.7. The summed E-state index contributed by atoms with van der Waals surface area (Å²) in [5.41, 5.74) is 3.10. The minimum absolute atomic E-state index is 0.0625. The number of piperidine rings is 2. The van der Waals surface area contributed by atoms with E-state index < -0.39 is 47.3 Å². The van der Waals surface area contributed by atoms with Gasteiger partial charge in [-0.3, -0.25) is 14.2 Å². The van der Waals surface area contributed by atoms with Gasteiger partial charge in [-0.05, 0) is 63.4 Å². The molecular weight excluding hydrogens is 600 g/mol. The second-order valence-corrected chi connectivity index (χ2v) is 12.9. The van der Waals surface area contributed by atoms with E-state index in [1.54, 1.807) is 25.7 Å². The van der Waals surface area contributed by atoms with Crippen molar-refractivity contribution in [3.05, 3.63) is 82.7 Å². The molecule has 11 nitrogen and oxygen atoms in total. The number of carbonyl (C=O) groups excluding carboxylic acids is 2. The molecule has 2 aliphatic heterocycles. The molecule has 4 atom stereocenters. The molecule has 2 fully saturated rings. The predicted molar refractivity (Wildman–Crippen MR) is 166 cm³/mol. The van der Waals surface area contributed by atoms with Gasteiger partial charge in [0.15, 0.2) is 5.69 Å². The number of ether oxygens (including phenoxy) is 2. The number of hydrogen-bond acceptors (Lipinski definition) is 8. The Labute approximate surface area is 265 Å². The van der Waals surface area contributed by atoms with Gasteiger partial charge in [-0.25, -0.2) is 18.6 Å². The molecule has 2 amide bonds. The minimum Gasteiger partial charge on any atom is -0.444 e. The molecule has 2 saturated heterocycles. The molecule has 0 aliphatic carbocycles. The molecule has 1 aromatic heterocycles. The molecule has 2 aliphatic rings. The monoisotopic (exact) mass is 639 g/mol. The van der Waals surface area contributed by atoms with Crippen LogP contribution in [0.4, 0.5) is 19.3 Å². The number of anilines is 1. The third-order valence-electron chi connectivity index (χ3n) is 8.41. The Bertz CT molecular complexity index is 1610. The quantitative estimate of drug-likeness (QED) is 0.411. The van der Waals surface area contributed by atoms with Crippen LogP contribution in [0.5, 0.6) is 11.6 Å². The molecule has 13 heteroatoms. The van der Waals surface area contributed by atoms with Crippen LogP contribution in [0.15, 0.2) is 65.7 Å². The van der Waals surface area contributed by atoms with Gasteiger partial charge in [0.1, 0.15) is 35.3 Å². The van der Waals surface area contributed by atoms with Crippen molar-refractivity contribution in [3.8, 4) is 11.6 Å². The Morgan fingerprint density at radius 1 is 1.07 bits per heavy atom. The van der Waals surface area contributed by atoms with Crippen LogP contribution in [-0.4, -0.2) is 80.0 Å². The Balaban J connectivity index is 1.27. The van der Waals surface area contributed by atoms with Gasteiger partial charge < -0.3 is 30.1 Å². The van der Waals surface area contributed by atoms with Crippen LogP contribution in [0.2, 0.25) is 0 Å². The van der Waals surface area contributed by atoms with E-state index in [0.29, 0.717) is 13.0 Å². The Kier molecular flexibility index (Phi) is 9.34. The Morgan fingerprint density at radius 3 is 2.41 bits per heavy atom.